The molecule has 49 heavy (non-hydrogen) atoms. The summed E-state index contributed by atoms with van der Waals surface area (Å²) in [5, 5.41) is 7.53. The summed E-state index contributed by atoms with van der Waals surface area (Å²) in [6, 6.07) is 67.7. The van der Waals surface area contributed by atoms with Gasteiger partial charge < -0.3 is 14.2 Å². The maximum Gasteiger partial charge on any atom is 0.0619 e. The number of hydrogen-bond donors (Lipinski definition) is 0. The molecule has 0 amide bonds. The molecule has 0 N–H and O–H groups in total. The van der Waals surface area contributed by atoms with Crippen LogP contribution in [0.25, 0.3) is 48.9 Å². The minimum Gasteiger partial charge on any atom is -0.310 e. The lowest BCUT2D eigenvalue weighted by atomic mass is 9.97. The summed E-state index contributed by atoms with van der Waals surface area (Å²) >= 11 is 0. The van der Waals surface area contributed by atoms with Crippen LogP contribution in [0.4, 0.5) is 34.1 Å². The van der Waals surface area contributed by atoms with Crippen LogP contribution in [0.1, 0.15) is 0 Å². The third-order valence-corrected chi connectivity index (χ3v) is 9.85. The van der Waals surface area contributed by atoms with E-state index in [2.05, 4.69) is 202 Å². The van der Waals surface area contributed by atoms with Gasteiger partial charge in [0.25, 0.3) is 0 Å². The molecule has 0 saturated carbocycles. The summed E-state index contributed by atoms with van der Waals surface area (Å²) in [5.41, 5.74) is 10.5. The summed E-state index contributed by atoms with van der Waals surface area (Å²) in [6.07, 6.45) is 0. The van der Waals surface area contributed by atoms with Crippen molar-refractivity contribution in [2.45, 2.75) is 0 Å². The molecule has 0 fully saturated rings. The number of pyridine rings is 1. The van der Waals surface area contributed by atoms with E-state index in [1.165, 1.54) is 48.9 Å². The predicted octanol–water partition coefficient (Wildman–Crippen LogP) is 12.9. The Morgan fingerprint density at radius 2 is 0.776 bits per heavy atom. The summed E-state index contributed by atoms with van der Waals surface area (Å²) < 4.78 is 2.49. The molecular formula is C46H31N3. The summed E-state index contributed by atoms with van der Waals surface area (Å²) in [7, 11) is 0. The van der Waals surface area contributed by atoms with Crippen LogP contribution >= 0.6 is 0 Å². The molecule has 230 valence electrons. The van der Waals surface area contributed by atoms with Crippen molar-refractivity contribution in [3.05, 3.63) is 188 Å². The van der Waals surface area contributed by atoms with E-state index in [1.54, 1.807) is 0 Å². The highest BCUT2D eigenvalue weighted by atomic mass is 15.1. The minimum atomic E-state index is 1.13. The summed E-state index contributed by atoms with van der Waals surface area (Å²) in [4.78, 5) is 4.72. The largest absolute Gasteiger partial charge is 0.310 e. The van der Waals surface area contributed by atoms with E-state index in [1.807, 2.05) is 0 Å². The Balaban J connectivity index is 1.26. The molecule has 0 radical (unpaired) electrons. The van der Waals surface area contributed by atoms with E-state index in [-0.39, 0.29) is 0 Å². The third-order valence-electron chi connectivity index (χ3n) is 9.85. The van der Waals surface area contributed by atoms with Crippen LogP contribution in [0.5, 0.6) is 0 Å². The lowest BCUT2D eigenvalue weighted by Gasteiger charge is -2.27. The first-order valence-corrected chi connectivity index (χ1v) is 16.8. The Morgan fingerprint density at radius 1 is 0.306 bits per heavy atom. The fourth-order valence-corrected chi connectivity index (χ4v) is 7.82. The van der Waals surface area contributed by atoms with Crippen LogP contribution in [0, 0.1) is 0 Å². The number of fused-ring (bicyclic) bond motifs is 5. The van der Waals surface area contributed by atoms with Gasteiger partial charge in [0.2, 0.25) is 0 Å². The van der Waals surface area contributed by atoms with E-state index in [0.29, 0.717) is 0 Å². The molecule has 2 aromatic heterocycles. The Hall–Kier alpha value is -6.58. The zero-order chi connectivity index (χ0) is 32.3. The fraction of sp³-hybridized carbons (Fsp3) is 0. The topological polar surface area (TPSA) is 10.9 Å². The van der Waals surface area contributed by atoms with Crippen LogP contribution in [0.2, 0.25) is 0 Å². The molecule has 10 rings (SSSR count). The maximum absolute atomic E-state index is 2.49. The molecule has 0 unspecified atom stereocenters. The quantitative estimate of drug-likeness (QED) is 0.134. The molecule has 0 atom stereocenters. The second kappa shape index (κ2) is 11.0. The van der Waals surface area contributed by atoms with Gasteiger partial charge in [0.1, 0.15) is 0 Å². The van der Waals surface area contributed by atoms with E-state index in [4.69, 9.17) is 0 Å². The Morgan fingerprint density at radius 3 is 1.35 bits per heavy atom. The van der Waals surface area contributed by atoms with Gasteiger partial charge in [0, 0.05) is 55.4 Å². The van der Waals surface area contributed by atoms with Crippen molar-refractivity contribution in [1.29, 1.82) is 0 Å². The number of hydrogen-bond acceptors (Lipinski definition) is 2. The molecule has 0 aliphatic heterocycles. The minimum absolute atomic E-state index is 1.13. The van der Waals surface area contributed by atoms with Crippen LogP contribution < -0.4 is 9.80 Å². The molecule has 3 heteroatoms. The molecule has 0 aliphatic carbocycles. The van der Waals surface area contributed by atoms with Crippen LogP contribution in [-0.4, -0.2) is 4.40 Å². The van der Waals surface area contributed by atoms with Gasteiger partial charge in [0.15, 0.2) is 0 Å². The molecule has 10 aromatic rings. The third kappa shape index (κ3) is 4.23. The maximum atomic E-state index is 2.49. The van der Waals surface area contributed by atoms with Gasteiger partial charge in [-0.2, -0.15) is 0 Å². The standard InChI is InChI=1S/C46H31N3/c1-5-15-32(16-6-1)47(33-17-7-2-8-18-33)36-27-28-43-41(31-36)39-25-14-24-38-37-23-13-26-40-42(29-30-44(45(37)40)49(43)46(38)39)48(34-19-9-3-10-20-34)35-21-11-4-12-22-35/h1-31H. The molecule has 3 nitrogen and oxygen atoms in total. The molecule has 0 spiro atoms. The highest BCUT2D eigenvalue weighted by Crippen LogP contribution is 2.46. The Kier molecular flexibility index (Phi) is 6.18. The molecule has 2 heterocycles. The van der Waals surface area contributed by atoms with Crippen molar-refractivity contribution < 1.29 is 0 Å². The normalized spacial score (nSPS) is 11.7. The molecular weight excluding hydrogens is 595 g/mol. The van der Waals surface area contributed by atoms with Crippen molar-refractivity contribution in [3.8, 4) is 0 Å². The SMILES string of the molecule is c1ccc(N(c2ccccc2)c2ccc3c(c2)c2cccc4c5cccc6c(N(c7ccccc7)c7ccccc7)ccc(c65)n3c42)cc1. The van der Waals surface area contributed by atoms with Gasteiger partial charge >= 0.3 is 0 Å². The van der Waals surface area contributed by atoms with E-state index < -0.39 is 0 Å². The van der Waals surface area contributed by atoms with Gasteiger partial charge in [0.05, 0.1) is 22.2 Å². The van der Waals surface area contributed by atoms with Crippen molar-refractivity contribution in [1.82, 2.24) is 4.40 Å². The highest BCUT2D eigenvalue weighted by molar-refractivity contribution is 6.28. The average Bonchev–Trinajstić information content (AvgIpc) is 3.51. The smallest absolute Gasteiger partial charge is 0.0619 e. The predicted molar refractivity (Wildman–Crippen MR) is 208 cm³/mol. The monoisotopic (exact) mass is 625 g/mol. The molecule has 0 aliphatic rings. The summed E-state index contributed by atoms with van der Waals surface area (Å²) in [5.74, 6) is 0. The van der Waals surface area contributed by atoms with E-state index in [9.17, 15) is 0 Å². The van der Waals surface area contributed by atoms with E-state index >= 15 is 0 Å². The highest BCUT2D eigenvalue weighted by Gasteiger charge is 2.22. The average molecular weight is 626 g/mol. The van der Waals surface area contributed by atoms with Crippen molar-refractivity contribution in [2.75, 3.05) is 9.80 Å². The second-order valence-electron chi connectivity index (χ2n) is 12.6. The first-order chi connectivity index (χ1) is 24.3. The van der Waals surface area contributed by atoms with E-state index in [0.717, 1.165) is 34.1 Å². The van der Waals surface area contributed by atoms with Gasteiger partial charge in [-0.3, -0.25) is 0 Å². The van der Waals surface area contributed by atoms with Gasteiger partial charge in [-0.1, -0.05) is 109 Å². The number of anilines is 6. The van der Waals surface area contributed by atoms with Crippen molar-refractivity contribution >= 4 is 83.0 Å². The lowest BCUT2D eigenvalue weighted by Crippen LogP contribution is -2.10. The Labute approximate surface area is 284 Å². The molecule has 8 aromatic carbocycles. The summed E-state index contributed by atoms with van der Waals surface area (Å²) in [6.45, 7) is 0. The zero-order valence-corrected chi connectivity index (χ0v) is 26.7. The zero-order valence-electron chi connectivity index (χ0n) is 26.7. The number of para-hydroxylation sites is 5. The van der Waals surface area contributed by atoms with Gasteiger partial charge in [-0.25, -0.2) is 0 Å². The van der Waals surface area contributed by atoms with Crippen LogP contribution in [-0.2, 0) is 0 Å². The number of nitrogens with zero attached hydrogens (tertiary/aromatic N) is 3. The lowest BCUT2D eigenvalue weighted by molar-refractivity contribution is 1.28. The van der Waals surface area contributed by atoms with Gasteiger partial charge in [-0.05, 0) is 84.2 Å². The van der Waals surface area contributed by atoms with Crippen LogP contribution in [0.3, 0.4) is 0 Å². The Bertz CT molecular complexity index is 2670. The number of aromatic nitrogens is 1. The van der Waals surface area contributed by atoms with Crippen molar-refractivity contribution in [2.24, 2.45) is 0 Å². The first-order valence-electron chi connectivity index (χ1n) is 16.8. The second-order valence-corrected chi connectivity index (χ2v) is 12.6. The van der Waals surface area contributed by atoms with Gasteiger partial charge in [-0.15, -0.1) is 0 Å². The number of benzene rings is 8. The fourth-order valence-electron chi connectivity index (χ4n) is 7.82. The first kappa shape index (κ1) is 27.5. The molecule has 0 saturated heterocycles. The molecule has 0 bridgehead atoms. The number of rotatable bonds is 6. The van der Waals surface area contributed by atoms with Crippen LogP contribution in [0.15, 0.2) is 188 Å². The van der Waals surface area contributed by atoms with Crippen molar-refractivity contribution in [3.63, 3.8) is 0 Å².